The van der Waals surface area contributed by atoms with Gasteiger partial charge in [0.15, 0.2) is 6.29 Å². The molecule has 0 aromatic heterocycles. The second-order valence-electron chi connectivity index (χ2n) is 5.49. The summed E-state index contributed by atoms with van der Waals surface area (Å²) in [5, 5.41) is 0. The summed E-state index contributed by atoms with van der Waals surface area (Å²) in [6.45, 7) is 7.44. The second kappa shape index (κ2) is 3.82. The molecule has 0 N–H and O–H groups in total. The Morgan fingerprint density at radius 1 is 1.14 bits per heavy atom. The van der Waals surface area contributed by atoms with E-state index >= 15 is 0 Å². The summed E-state index contributed by atoms with van der Waals surface area (Å²) >= 11 is 0. The lowest BCUT2D eigenvalue weighted by atomic mass is 9.87. The van der Waals surface area contributed by atoms with E-state index < -0.39 is 0 Å². The van der Waals surface area contributed by atoms with Crippen LogP contribution in [0.5, 0.6) is 0 Å². The van der Waals surface area contributed by atoms with Gasteiger partial charge in [-0.25, -0.2) is 0 Å². The fourth-order valence-electron chi connectivity index (χ4n) is 2.32. The van der Waals surface area contributed by atoms with Gasteiger partial charge >= 0.3 is 0 Å². The molecule has 1 aliphatic heterocycles. The van der Waals surface area contributed by atoms with E-state index in [9.17, 15) is 0 Å². The number of hydrogen-bond donors (Lipinski definition) is 0. The Morgan fingerprint density at radius 3 is 2.36 bits per heavy atom. The Bertz CT molecular complexity index is 194. The van der Waals surface area contributed by atoms with Crippen molar-refractivity contribution in [3.63, 3.8) is 0 Å². The quantitative estimate of drug-likeness (QED) is 0.645. The number of ether oxygens (including phenoxy) is 2. The standard InChI is InChI=1S/C12H22O2/c1-9-12(2,3)8-13-11(14-9)10-6-4-5-7-10/h9-11H,4-8H2,1-3H3/t9?,11-/m1/s1. The highest BCUT2D eigenvalue weighted by molar-refractivity contribution is 4.82. The van der Waals surface area contributed by atoms with E-state index in [1.165, 1.54) is 25.7 Å². The molecular formula is C12H22O2. The van der Waals surface area contributed by atoms with Crippen molar-refractivity contribution in [3.8, 4) is 0 Å². The molecule has 0 radical (unpaired) electrons. The fraction of sp³-hybridized carbons (Fsp3) is 1.00. The van der Waals surface area contributed by atoms with Gasteiger partial charge in [0, 0.05) is 11.3 Å². The van der Waals surface area contributed by atoms with E-state index in [1.54, 1.807) is 0 Å². The van der Waals surface area contributed by atoms with Crippen LogP contribution in [0, 0.1) is 11.3 Å². The largest absolute Gasteiger partial charge is 0.352 e. The maximum atomic E-state index is 5.96. The van der Waals surface area contributed by atoms with Crippen molar-refractivity contribution >= 4 is 0 Å². The normalized spacial score (nSPS) is 38.8. The molecule has 82 valence electrons. The van der Waals surface area contributed by atoms with E-state index in [-0.39, 0.29) is 11.7 Å². The first-order chi connectivity index (χ1) is 6.59. The highest BCUT2D eigenvalue weighted by Gasteiger charge is 2.38. The molecule has 2 heteroatoms. The maximum absolute atomic E-state index is 5.96. The minimum Gasteiger partial charge on any atom is -0.352 e. The zero-order valence-electron chi connectivity index (χ0n) is 9.58. The third-order valence-electron chi connectivity index (χ3n) is 3.84. The molecular weight excluding hydrogens is 176 g/mol. The molecule has 2 atom stereocenters. The first-order valence-corrected chi connectivity index (χ1v) is 5.87. The van der Waals surface area contributed by atoms with E-state index in [2.05, 4.69) is 20.8 Å². The third kappa shape index (κ3) is 1.96. The monoisotopic (exact) mass is 198 g/mol. The maximum Gasteiger partial charge on any atom is 0.160 e. The van der Waals surface area contributed by atoms with Gasteiger partial charge in [0.25, 0.3) is 0 Å². The first kappa shape index (κ1) is 10.4. The molecule has 2 fully saturated rings. The van der Waals surface area contributed by atoms with Crippen molar-refractivity contribution < 1.29 is 9.47 Å². The van der Waals surface area contributed by atoms with Crippen LogP contribution in [0.2, 0.25) is 0 Å². The van der Waals surface area contributed by atoms with Gasteiger partial charge in [0.2, 0.25) is 0 Å². The van der Waals surface area contributed by atoms with Gasteiger partial charge in [-0.3, -0.25) is 0 Å². The summed E-state index contributed by atoms with van der Waals surface area (Å²) in [6.07, 6.45) is 5.69. The second-order valence-corrected chi connectivity index (χ2v) is 5.49. The van der Waals surface area contributed by atoms with Crippen LogP contribution in [0.25, 0.3) is 0 Å². The van der Waals surface area contributed by atoms with Crippen LogP contribution in [0.1, 0.15) is 46.5 Å². The van der Waals surface area contributed by atoms with Crippen molar-refractivity contribution in [2.75, 3.05) is 6.61 Å². The van der Waals surface area contributed by atoms with Crippen LogP contribution in [-0.4, -0.2) is 19.0 Å². The van der Waals surface area contributed by atoms with Crippen molar-refractivity contribution in [1.29, 1.82) is 0 Å². The summed E-state index contributed by atoms with van der Waals surface area (Å²) in [5.41, 5.74) is 0.176. The zero-order valence-corrected chi connectivity index (χ0v) is 9.58. The topological polar surface area (TPSA) is 18.5 Å². The van der Waals surface area contributed by atoms with Crippen LogP contribution < -0.4 is 0 Å². The molecule has 2 aliphatic rings. The minimum atomic E-state index is 0.0838. The highest BCUT2D eigenvalue weighted by Crippen LogP contribution is 2.37. The Balaban J connectivity index is 1.92. The van der Waals surface area contributed by atoms with Gasteiger partial charge in [-0.05, 0) is 19.8 Å². The Kier molecular flexibility index (Phi) is 2.85. The molecule has 0 aromatic carbocycles. The van der Waals surface area contributed by atoms with E-state index in [1.807, 2.05) is 0 Å². The molecule has 0 amide bonds. The van der Waals surface area contributed by atoms with Gasteiger partial charge < -0.3 is 9.47 Å². The summed E-state index contributed by atoms with van der Waals surface area (Å²) in [6, 6.07) is 0. The molecule has 1 unspecified atom stereocenters. The van der Waals surface area contributed by atoms with Gasteiger partial charge in [0.05, 0.1) is 12.7 Å². The Hall–Kier alpha value is -0.0800. The molecule has 1 heterocycles. The van der Waals surface area contributed by atoms with E-state index in [0.29, 0.717) is 12.0 Å². The van der Waals surface area contributed by atoms with Crippen LogP contribution in [-0.2, 0) is 9.47 Å². The smallest absolute Gasteiger partial charge is 0.160 e. The summed E-state index contributed by atoms with van der Waals surface area (Å²) in [5.74, 6) is 0.661. The van der Waals surface area contributed by atoms with Crippen molar-refractivity contribution in [2.24, 2.45) is 11.3 Å². The molecule has 2 nitrogen and oxygen atoms in total. The predicted molar refractivity (Wildman–Crippen MR) is 56.0 cm³/mol. The lowest BCUT2D eigenvalue weighted by Crippen LogP contribution is -2.46. The van der Waals surface area contributed by atoms with Crippen molar-refractivity contribution in [2.45, 2.75) is 58.8 Å². The predicted octanol–water partition coefficient (Wildman–Crippen LogP) is 2.96. The lowest BCUT2D eigenvalue weighted by Gasteiger charge is -2.42. The van der Waals surface area contributed by atoms with Crippen molar-refractivity contribution in [3.05, 3.63) is 0 Å². The highest BCUT2D eigenvalue weighted by atomic mass is 16.7. The lowest BCUT2D eigenvalue weighted by molar-refractivity contribution is -0.272. The molecule has 14 heavy (non-hydrogen) atoms. The molecule has 2 rings (SSSR count). The molecule has 0 spiro atoms. The van der Waals surface area contributed by atoms with Gasteiger partial charge in [-0.15, -0.1) is 0 Å². The minimum absolute atomic E-state index is 0.0838. The Morgan fingerprint density at radius 2 is 1.79 bits per heavy atom. The van der Waals surface area contributed by atoms with E-state index in [4.69, 9.17) is 9.47 Å². The van der Waals surface area contributed by atoms with Gasteiger partial charge in [0.1, 0.15) is 0 Å². The van der Waals surface area contributed by atoms with Crippen molar-refractivity contribution in [1.82, 2.24) is 0 Å². The Labute approximate surface area is 87.0 Å². The fourth-order valence-corrected chi connectivity index (χ4v) is 2.32. The van der Waals surface area contributed by atoms with E-state index in [0.717, 1.165) is 6.61 Å². The SMILES string of the molecule is CC1O[C@H](C2CCCC2)OCC1(C)C. The molecule has 0 bridgehead atoms. The molecule has 1 aliphatic carbocycles. The number of rotatable bonds is 1. The molecule has 0 aromatic rings. The molecule has 1 saturated heterocycles. The van der Waals surface area contributed by atoms with Crippen LogP contribution in [0.4, 0.5) is 0 Å². The van der Waals surface area contributed by atoms with Gasteiger partial charge in [-0.1, -0.05) is 26.7 Å². The van der Waals surface area contributed by atoms with Crippen LogP contribution in [0.3, 0.4) is 0 Å². The molecule has 1 saturated carbocycles. The number of hydrogen-bond acceptors (Lipinski definition) is 2. The third-order valence-corrected chi connectivity index (χ3v) is 3.84. The average molecular weight is 198 g/mol. The average Bonchev–Trinajstić information content (AvgIpc) is 2.62. The summed E-state index contributed by atoms with van der Waals surface area (Å²) < 4.78 is 11.8. The first-order valence-electron chi connectivity index (χ1n) is 5.87. The van der Waals surface area contributed by atoms with Crippen LogP contribution >= 0.6 is 0 Å². The van der Waals surface area contributed by atoms with Gasteiger partial charge in [-0.2, -0.15) is 0 Å². The van der Waals surface area contributed by atoms with Crippen LogP contribution in [0.15, 0.2) is 0 Å². The zero-order chi connectivity index (χ0) is 10.2. The summed E-state index contributed by atoms with van der Waals surface area (Å²) in [7, 11) is 0. The summed E-state index contributed by atoms with van der Waals surface area (Å²) in [4.78, 5) is 0.